The molecule has 200 valence electrons. The Kier molecular flexibility index (Phi) is 7.96. The molecule has 1 fully saturated rings. The number of pyridine rings is 2. The quantitative estimate of drug-likeness (QED) is 0.489. The van der Waals surface area contributed by atoms with Gasteiger partial charge in [0.2, 0.25) is 5.91 Å². The number of aromatic nitrogens is 2. The summed E-state index contributed by atoms with van der Waals surface area (Å²) in [7, 11) is 0. The number of ether oxygens (including phenoxy) is 1. The zero-order valence-electron chi connectivity index (χ0n) is 21.3. The van der Waals surface area contributed by atoms with Crippen LogP contribution in [0.1, 0.15) is 35.3 Å². The Morgan fingerprint density at radius 3 is 2.50 bits per heavy atom. The molecule has 0 atom stereocenters. The largest absolute Gasteiger partial charge is 0.417 e. The van der Waals surface area contributed by atoms with E-state index in [4.69, 9.17) is 4.74 Å². The minimum atomic E-state index is -4.60. The molecule has 2 amide bonds. The van der Waals surface area contributed by atoms with Gasteiger partial charge in [-0.3, -0.25) is 19.5 Å². The molecule has 1 aliphatic heterocycles. The van der Waals surface area contributed by atoms with Crippen LogP contribution >= 0.6 is 0 Å². The van der Waals surface area contributed by atoms with E-state index in [-0.39, 0.29) is 11.5 Å². The Morgan fingerprint density at radius 2 is 1.84 bits per heavy atom. The number of benzene rings is 1. The van der Waals surface area contributed by atoms with Gasteiger partial charge in [-0.15, -0.1) is 0 Å². The first kappa shape index (κ1) is 27.1. The van der Waals surface area contributed by atoms with Gasteiger partial charge >= 0.3 is 6.18 Å². The number of carbonyl (C=O) groups is 2. The minimum absolute atomic E-state index is 0.118. The molecule has 1 aliphatic rings. The maximum absolute atomic E-state index is 13.0. The Hall–Kier alpha value is -3.99. The number of carbonyl (C=O) groups excluding carboxylic acids is 2. The number of nitrogens with zero attached hydrogens (tertiary/aromatic N) is 4. The van der Waals surface area contributed by atoms with Crippen LogP contribution in [0.2, 0.25) is 0 Å². The molecule has 11 heteroatoms. The second-order valence-electron chi connectivity index (χ2n) is 8.87. The third-order valence-corrected chi connectivity index (χ3v) is 6.29. The van der Waals surface area contributed by atoms with Gasteiger partial charge in [0.15, 0.2) is 5.82 Å². The molecule has 8 nitrogen and oxygen atoms in total. The molecule has 0 spiro atoms. The molecular formula is C27H28F3N5O3. The predicted octanol–water partition coefficient (Wildman–Crippen LogP) is 4.93. The van der Waals surface area contributed by atoms with E-state index in [1.54, 1.807) is 23.2 Å². The van der Waals surface area contributed by atoms with Gasteiger partial charge in [0, 0.05) is 56.4 Å². The van der Waals surface area contributed by atoms with E-state index in [2.05, 4.69) is 20.2 Å². The number of anilines is 3. The Bertz CT molecular complexity index is 1340. The fourth-order valence-corrected chi connectivity index (χ4v) is 4.29. The lowest BCUT2D eigenvalue weighted by Crippen LogP contribution is -2.38. The van der Waals surface area contributed by atoms with Gasteiger partial charge in [-0.1, -0.05) is 6.07 Å². The number of hydrogen-bond donors (Lipinski definition) is 1. The van der Waals surface area contributed by atoms with E-state index >= 15 is 0 Å². The summed E-state index contributed by atoms with van der Waals surface area (Å²) in [6.45, 7) is 8.16. The summed E-state index contributed by atoms with van der Waals surface area (Å²) in [6.07, 6.45) is -1.16. The number of rotatable bonds is 6. The summed E-state index contributed by atoms with van der Waals surface area (Å²) in [5.74, 6) is -0.266. The van der Waals surface area contributed by atoms with Crippen molar-refractivity contribution in [1.29, 1.82) is 0 Å². The molecule has 2 aromatic heterocycles. The Labute approximate surface area is 218 Å². The van der Waals surface area contributed by atoms with Crippen LogP contribution in [0, 0.1) is 6.92 Å². The van der Waals surface area contributed by atoms with Crippen LogP contribution in [0.5, 0.6) is 0 Å². The highest BCUT2D eigenvalue weighted by molar-refractivity contribution is 6.04. The van der Waals surface area contributed by atoms with E-state index in [1.165, 1.54) is 6.92 Å². The maximum atomic E-state index is 13.0. The predicted molar refractivity (Wildman–Crippen MR) is 138 cm³/mol. The number of nitrogens with one attached hydrogen (secondary N) is 1. The number of morpholine rings is 1. The fourth-order valence-electron chi connectivity index (χ4n) is 4.29. The standard InChI is InChI=1S/C27H28F3N5O3/c1-4-35(18(3)36)25-24(34-7-9-38-10-8-34)12-19(15-32-25)23-13-22(6-5-17(23)2)33-26(37)20-11-21(16-31-14-20)27(28,29)30/h5-6,11-16H,4,7-10H2,1-3H3,(H,33,37). The molecular weight excluding hydrogens is 499 g/mol. The number of halogens is 3. The zero-order chi connectivity index (χ0) is 27.4. The van der Waals surface area contributed by atoms with Crippen LogP contribution in [0.25, 0.3) is 11.1 Å². The SMILES string of the molecule is CCN(C(C)=O)c1ncc(-c2cc(NC(=O)c3cncc(C(F)(F)F)c3)ccc2C)cc1N1CCOCC1. The lowest BCUT2D eigenvalue weighted by molar-refractivity contribution is -0.137. The lowest BCUT2D eigenvalue weighted by Gasteiger charge is -2.32. The summed E-state index contributed by atoms with van der Waals surface area (Å²) < 4.78 is 44.6. The molecule has 0 aliphatic carbocycles. The van der Waals surface area contributed by atoms with Crippen LogP contribution in [-0.2, 0) is 15.7 Å². The zero-order valence-corrected chi connectivity index (χ0v) is 21.3. The molecule has 1 N–H and O–H groups in total. The third kappa shape index (κ3) is 5.94. The van der Waals surface area contributed by atoms with E-state index in [0.29, 0.717) is 50.6 Å². The number of amides is 2. The van der Waals surface area contributed by atoms with Crippen LogP contribution in [-0.4, -0.2) is 54.6 Å². The number of aryl methyl sites for hydroxylation is 1. The molecule has 3 aromatic rings. The van der Waals surface area contributed by atoms with Crippen molar-refractivity contribution in [3.63, 3.8) is 0 Å². The van der Waals surface area contributed by atoms with Crippen molar-refractivity contribution in [3.8, 4) is 11.1 Å². The van der Waals surface area contributed by atoms with Gasteiger partial charge in [0.1, 0.15) is 0 Å². The maximum Gasteiger partial charge on any atom is 0.417 e. The molecule has 1 saturated heterocycles. The highest BCUT2D eigenvalue weighted by Gasteiger charge is 2.31. The van der Waals surface area contributed by atoms with Crippen molar-refractivity contribution in [1.82, 2.24) is 9.97 Å². The van der Waals surface area contributed by atoms with E-state index in [9.17, 15) is 22.8 Å². The van der Waals surface area contributed by atoms with Crippen molar-refractivity contribution in [2.45, 2.75) is 26.9 Å². The molecule has 0 unspecified atom stereocenters. The van der Waals surface area contributed by atoms with Gasteiger partial charge in [0.25, 0.3) is 5.91 Å². The number of alkyl halides is 3. The van der Waals surface area contributed by atoms with E-state index < -0.39 is 17.6 Å². The molecule has 4 rings (SSSR count). The van der Waals surface area contributed by atoms with Crippen LogP contribution < -0.4 is 15.1 Å². The van der Waals surface area contributed by atoms with Crippen molar-refractivity contribution in [3.05, 3.63) is 65.6 Å². The lowest BCUT2D eigenvalue weighted by atomic mass is 10.0. The van der Waals surface area contributed by atoms with Crippen molar-refractivity contribution >= 4 is 29.0 Å². The van der Waals surface area contributed by atoms with Gasteiger partial charge in [-0.2, -0.15) is 13.2 Å². The first-order valence-corrected chi connectivity index (χ1v) is 12.1. The van der Waals surface area contributed by atoms with E-state index in [1.807, 2.05) is 26.0 Å². The molecule has 0 radical (unpaired) electrons. The second-order valence-corrected chi connectivity index (χ2v) is 8.87. The first-order valence-electron chi connectivity index (χ1n) is 12.1. The van der Waals surface area contributed by atoms with Gasteiger partial charge in [-0.05, 0) is 49.2 Å². The summed E-state index contributed by atoms with van der Waals surface area (Å²) >= 11 is 0. The van der Waals surface area contributed by atoms with Gasteiger partial charge in [-0.25, -0.2) is 4.98 Å². The Morgan fingerprint density at radius 1 is 1.11 bits per heavy atom. The van der Waals surface area contributed by atoms with Gasteiger partial charge < -0.3 is 15.0 Å². The smallest absolute Gasteiger partial charge is 0.378 e. The third-order valence-electron chi connectivity index (χ3n) is 6.29. The van der Waals surface area contributed by atoms with E-state index in [0.717, 1.165) is 34.6 Å². The monoisotopic (exact) mass is 527 g/mol. The normalized spacial score (nSPS) is 13.8. The first-order chi connectivity index (χ1) is 18.1. The Balaban J connectivity index is 1.68. The van der Waals surface area contributed by atoms with Crippen LogP contribution in [0.15, 0.2) is 48.9 Å². The van der Waals surface area contributed by atoms with Gasteiger partial charge in [0.05, 0.1) is 30.0 Å². The highest BCUT2D eigenvalue weighted by atomic mass is 19.4. The van der Waals surface area contributed by atoms with Crippen LogP contribution in [0.4, 0.5) is 30.4 Å². The molecule has 1 aromatic carbocycles. The molecule has 0 bridgehead atoms. The molecule has 3 heterocycles. The fraction of sp³-hybridized carbons (Fsp3) is 0.333. The summed E-state index contributed by atoms with van der Waals surface area (Å²) in [4.78, 5) is 37.0. The summed E-state index contributed by atoms with van der Waals surface area (Å²) in [6, 6.07) is 7.96. The second kappa shape index (κ2) is 11.2. The topological polar surface area (TPSA) is 87.7 Å². The summed E-state index contributed by atoms with van der Waals surface area (Å²) in [5.41, 5.74) is 2.46. The van der Waals surface area contributed by atoms with Crippen LogP contribution in [0.3, 0.4) is 0 Å². The van der Waals surface area contributed by atoms with Crippen molar-refractivity contribution in [2.24, 2.45) is 0 Å². The highest BCUT2D eigenvalue weighted by Crippen LogP contribution is 2.35. The minimum Gasteiger partial charge on any atom is -0.378 e. The van der Waals surface area contributed by atoms with Crippen molar-refractivity contribution < 1.29 is 27.5 Å². The summed E-state index contributed by atoms with van der Waals surface area (Å²) in [5, 5.41) is 2.66. The average Bonchev–Trinajstić information content (AvgIpc) is 2.90. The number of hydrogen-bond acceptors (Lipinski definition) is 6. The molecule has 0 saturated carbocycles. The van der Waals surface area contributed by atoms with Crippen molar-refractivity contribution in [2.75, 3.05) is 48.0 Å². The average molecular weight is 528 g/mol. The molecule has 38 heavy (non-hydrogen) atoms.